The first-order chi connectivity index (χ1) is 19.1. The Morgan fingerprint density at radius 2 is 1.33 bits per heavy atom. The summed E-state index contributed by atoms with van der Waals surface area (Å²) in [6.45, 7) is 2.11. The molecule has 4 nitrogen and oxygen atoms in total. The largest absolute Gasteiger partial charge is 0.354 e. The molecule has 0 unspecified atom stereocenters. The predicted octanol–water partition coefficient (Wildman–Crippen LogP) is 8.49. The number of fused-ring (bicyclic) bond motifs is 2. The molecule has 3 heterocycles. The van der Waals surface area contributed by atoms with Crippen LogP contribution in [0.15, 0.2) is 132 Å². The SMILES string of the molecule is Cc1ccc2cc(-c3cn(C(c4ccccc4)(c4ccccc4)c4ccccc4)c4ncc(Br)nc34)[nH]c2c1. The molecule has 7 rings (SSSR count). The van der Waals surface area contributed by atoms with Gasteiger partial charge >= 0.3 is 0 Å². The normalized spacial score (nSPS) is 11.8. The van der Waals surface area contributed by atoms with Crippen molar-refractivity contribution >= 4 is 38.0 Å². The van der Waals surface area contributed by atoms with E-state index in [1.54, 1.807) is 6.20 Å². The number of aromatic amines is 1. The minimum Gasteiger partial charge on any atom is -0.354 e. The Balaban J connectivity index is 1.62. The average molecular weight is 570 g/mol. The van der Waals surface area contributed by atoms with Crippen molar-refractivity contribution in [2.24, 2.45) is 0 Å². The quantitative estimate of drug-likeness (QED) is 0.211. The van der Waals surface area contributed by atoms with Crippen LogP contribution in [0.5, 0.6) is 0 Å². The molecular weight excluding hydrogens is 544 g/mol. The van der Waals surface area contributed by atoms with Crippen molar-refractivity contribution in [1.29, 1.82) is 0 Å². The van der Waals surface area contributed by atoms with Crippen molar-refractivity contribution in [2.75, 3.05) is 0 Å². The third kappa shape index (κ3) is 3.81. The van der Waals surface area contributed by atoms with Crippen LogP contribution in [0.3, 0.4) is 0 Å². The molecule has 0 bridgehead atoms. The first-order valence-electron chi connectivity index (χ1n) is 12.9. The summed E-state index contributed by atoms with van der Waals surface area (Å²) in [6.07, 6.45) is 3.99. The summed E-state index contributed by atoms with van der Waals surface area (Å²) in [6, 6.07) is 40.7. The second kappa shape index (κ2) is 9.37. The van der Waals surface area contributed by atoms with Crippen LogP contribution >= 0.6 is 15.9 Å². The molecule has 4 aromatic carbocycles. The van der Waals surface area contributed by atoms with Gasteiger partial charge in [0, 0.05) is 22.7 Å². The van der Waals surface area contributed by atoms with Gasteiger partial charge in [-0.2, -0.15) is 0 Å². The van der Waals surface area contributed by atoms with E-state index in [0.717, 1.165) is 44.6 Å². The molecule has 0 amide bonds. The van der Waals surface area contributed by atoms with Gasteiger partial charge in [0.1, 0.15) is 15.7 Å². The molecule has 7 aromatic rings. The number of nitrogens with one attached hydrogen (secondary N) is 1. The van der Waals surface area contributed by atoms with E-state index in [4.69, 9.17) is 9.97 Å². The zero-order valence-corrected chi connectivity index (χ0v) is 22.9. The molecule has 1 N–H and O–H groups in total. The average Bonchev–Trinajstić information content (AvgIpc) is 3.56. The summed E-state index contributed by atoms with van der Waals surface area (Å²) in [7, 11) is 0. The van der Waals surface area contributed by atoms with Crippen molar-refractivity contribution in [3.8, 4) is 11.3 Å². The van der Waals surface area contributed by atoms with Gasteiger partial charge in [-0.3, -0.25) is 0 Å². The predicted molar refractivity (Wildman–Crippen MR) is 162 cm³/mol. The highest BCUT2D eigenvalue weighted by Gasteiger charge is 2.40. The standard InChI is InChI=1S/C34H25BrN4/c1-23-17-18-24-20-30(37-29(24)19-23)28-22-39(33-32(28)38-31(35)21-36-33)34(25-11-5-2-6-12-25,26-13-7-3-8-14-26)27-15-9-4-10-16-27/h2-22,37H,1H3. The van der Waals surface area contributed by atoms with Crippen LogP contribution in [0, 0.1) is 6.92 Å². The third-order valence-electron chi connectivity index (χ3n) is 7.47. The number of nitrogens with zero attached hydrogens (tertiary/aromatic N) is 3. The van der Waals surface area contributed by atoms with E-state index in [1.165, 1.54) is 10.9 Å². The summed E-state index contributed by atoms with van der Waals surface area (Å²) < 4.78 is 3.00. The van der Waals surface area contributed by atoms with Crippen LogP contribution < -0.4 is 0 Å². The van der Waals surface area contributed by atoms with Crippen molar-refractivity contribution in [3.05, 3.63) is 155 Å². The number of hydrogen-bond acceptors (Lipinski definition) is 2. The van der Waals surface area contributed by atoms with Gasteiger partial charge in [-0.25, -0.2) is 9.97 Å². The van der Waals surface area contributed by atoms with Gasteiger partial charge in [0.05, 0.1) is 11.9 Å². The molecule has 5 heteroatoms. The van der Waals surface area contributed by atoms with Crippen molar-refractivity contribution in [1.82, 2.24) is 19.5 Å². The van der Waals surface area contributed by atoms with Crippen molar-refractivity contribution in [3.63, 3.8) is 0 Å². The monoisotopic (exact) mass is 568 g/mol. The number of halogens is 1. The minimum absolute atomic E-state index is 0.689. The van der Waals surface area contributed by atoms with Crippen LogP contribution in [0.4, 0.5) is 0 Å². The molecule has 0 saturated carbocycles. The molecule has 39 heavy (non-hydrogen) atoms. The van der Waals surface area contributed by atoms with E-state index in [0.29, 0.717) is 4.60 Å². The third-order valence-corrected chi connectivity index (χ3v) is 7.85. The summed E-state index contributed by atoms with van der Waals surface area (Å²) in [5, 5.41) is 1.17. The first kappa shape index (κ1) is 23.6. The zero-order chi connectivity index (χ0) is 26.4. The lowest BCUT2D eigenvalue weighted by Gasteiger charge is -2.38. The second-order valence-corrected chi connectivity index (χ2v) is 10.7. The van der Waals surface area contributed by atoms with Gasteiger partial charge in [-0.15, -0.1) is 0 Å². The number of rotatable bonds is 5. The van der Waals surface area contributed by atoms with E-state index < -0.39 is 5.54 Å². The first-order valence-corrected chi connectivity index (χ1v) is 13.7. The minimum atomic E-state index is -0.689. The molecule has 3 aromatic heterocycles. The Bertz CT molecular complexity index is 1830. The summed E-state index contributed by atoms with van der Waals surface area (Å²) >= 11 is 3.58. The highest BCUT2D eigenvalue weighted by atomic mass is 79.9. The topological polar surface area (TPSA) is 46.5 Å². The lowest BCUT2D eigenvalue weighted by atomic mass is 9.76. The number of H-pyrrole nitrogens is 1. The molecule has 0 aliphatic rings. The van der Waals surface area contributed by atoms with Gasteiger partial charge in [-0.1, -0.05) is 103 Å². The molecule has 0 atom stereocenters. The molecule has 0 radical (unpaired) electrons. The van der Waals surface area contributed by atoms with E-state index >= 15 is 0 Å². The molecule has 0 aliphatic carbocycles. The van der Waals surface area contributed by atoms with E-state index in [9.17, 15) is 0 Å². The van der Waals surface area contributed by atoms with Crippen molar-refractivity contribution < 1.29 is 0 Å². The van der Waals surface area contributed by atoms with Crippen LogP contribution in [0.2, 0.25) is 0 Å². The van der Waals surface area contributed by atoms with E-state index in [2.05, 4.69) is 154 Å². The molecule has 0 fully saturated rings. The van der Waals surface area contributed by atoms with Crippen LogP contribution in [-0.4, -0.2) is 19.5 Å². The summed E-state index contributed by atoms with van der Waals surface area (Å²) in [5.74, 6) is 0. The summed E-state index contributed by atoms with van der Waals surface area (Å²) in [5.41, 5.74) is 8.71. The fourth-order valence-corrected chi connectivity index (χ4v) is 6.04. The van der Waals surface area contributed by atoms with Crippen molar-refractivity contribution in [2.45, 2.75) is 12.5 Å². The lowest BCUT2D eigenvalue weighted by molar-refractivity contribution is 0.530. The number of aromatic nitrogens is 4. The fourth-order valence-electron chi connectivity index (χ4n) is 5.76. The zero-order valence-electron chi connectivity index (χ0n) is 21.3. The number of aryl methyl sites for hydroxylation is 1. The Hall–Kier alpha value is -4.48. The Kier molecular flexibility index (Phi) is 5.67. The second-order valence-electron chi connectivity index (χ2n) is 9.86. The maximum absolute atomic E-state index is 4.98. The number of benzene rings is 4. The lowest BCUT2D eigenvalue weighted by Crippen LogP contribution is -2.37. The summed E-state index contributed by atoms with van der Waals surface area (Å²) in [4.78, 5) is 13.6. The molecular formula is C34H25BrN4. The maximum Gasteiger partial charge on any atom is 0.160 e. The van der Waals surface area contributed by atoms with Gasteiger partial charge < -0.3 is 9.55 Å². The van der Waals surface area contributed by atoms with E-state index in [-0.39, 0.29) is 0 Å². The maximum atomic E-state index is 4.98. The van der Waals surface area contributed by atoms with Crippen LogP contribution in [-0.2, 0) is 5.54 Å². The number of hydrogen-bond donors (Lipinski definition) is 1. The van der Waals surface area contributed by atoms with Crippen LogP contribution in [0.1, 0.15) is 22.3 Å². The highest BCUT2D eigenvalue weighted by Crippen LogP contribution is 2.44. The van der Waals surface area contributed by atoms with E-state index in [1.807, 2.05) is 0 Å². The fraction of sp³-hybridized carbons (Fsp3) is 0.0588. The Labute approximate surface area is 235 Å². The molecule has 0 spiro atoms. The van der Waals surface area contributed by atoms with Gasteiger partial charge in [0.2, 0.25) is 0 Å². The Morgan fingerprint density at radius 1 is 0.744 bits per heavy atom. The molecule has 0 aliphatic heterocycles. The highest BCUT2D eigenvalue weighted by molar-refractivity contribution is 9.10. The smallest absolute Gasteiger partial charge is 0.160 e. The molecule has 188 valence electrons. The van der Waals surface area contributed by atoms with Gasteiger partial charge in [0.25, 0.3) is 0 Å². The van der Waals surface area contributed by atoms with Gasteiger partial charge in [0.15, 0.2) is 5.65 Å². The van der Waals surface area contributed by atoms with Crippen LogP contribution in [0.25, 0.3) is 33.3 Å². The Morgan fingerprint density at radius 3 is 1.92 bits per heavy atom. The molecule has 0 saturated heterocycles. The van der Waals surface area contributed by atoms with Gasteiger partial charge in [-0.05, 0) is 57.2 Å².